The van der Waals surface area contributed by atoms with E-state index in [1.165, 1.54) is 35.3 Å². The topological polar surface area (TPSA) is 24.7 Å². The molecule has 0 aliphatic rings. The van der Waals surface area contributed by atoms with E-state index in [0.29, 0.717) is 0 Å². The van der Waals surface area contributed by atoms with Gasteiger partial charge in [-0.1, -0.05) is 80.2 Å². The van der Waals surface area contributed by atoms with E-state index in [-0.39, 0.29) is 5.41 Å². The third-order valence-corrected chi connectivity index (χ3v) is 5.41. The van der Waals surface area contributed by atoms with E-state index < -0.39 is 0 Å². The van der Waals surface area contributed by atoms with Crippen molar-refractivity contribution < 1.29 is 0 Å². The van der Waals surface area contributed by atoms with Crippen molar-refractivity contribution in [2.75, 3.05) is 7.05 Å². The Morgan fingerprint density at radius 3 is 2.07 bits per heavy atom. The Morgan fingerprint density at radius 2 is 1.59 bits per heavy atom. The highest BCUT2D eigenvalue weighted by Gasteiger charge is 2.23. The van der Waals surface area contributed by atoms with E-state index in [1.807, 2.05) is 7.05 Å². The summed E-state index contributed by atoms with van der Waals surface area (Å²) in [5, 5.41) is 0. The van der Waals surface area contributed by atoms with Crippen LogP contribution in [0.2, 0.25) is 0 Å². The van der Waals surface area contributed by atoms with Crippen LogP contribution in [0.5, 0.6) is 0 Å². The first-order chi connectivity index (χ1) is 13.5. The normalized spacial score (nSPS) is 15.5. The molecule has 2 nitrogen and oxygen atoms in total. The predicted octanol–water partition coefficient (Wildman–Crippen LogP) is 8.48. The summed E-state index contributed by atoms with van der Waals surface area (Å²) < 4.78 is 0. The third kappa shape index (κ3) is 11.5. The minimum Gasteiger partial charge on any atom is -0.297 e. The van der Waals surface area contributed by atoms with E-state index in [1.54, 1.807) is 0 Å². The molecule has 0 saturated carbocycles. The van der Waals surface area contributed by atoms with Crippen molar-refractivity contribution in [2.45, 2.75) is 93.9 Å². The van der Waals surface area contributed by atoms with Crippen molar-refractivity contribution in [2.24, 2.45) is 15.4 Å². The molecule has 0 rings (SSSR count). The smallest absolute Gasteiger partial charge is 0.0608 e. The van der Waals surface area contributed by atoms with E-state index >= 15 is 0 Å². The first-order valence-corrected chi connectivity index (χ1v) is 11.5. The van der Waals surface area contributed by atoms with Crippen LogP contribution in [0.15, 0.2) is 56.4 Å². The fraction of sp³-hybridized carbons (Fsp3) is 0.615. The number of nitrogens with zero attached hydrogens (tertiary/aromatic N) is 2. The van der Waals surface area contributed by atoms with Gasteiger partial charge >= 0.3 is 0 Å². The zero-order chi connectivity index (χ0) is 22.6. The van der Waals surface area contributed by atoms with Gasteiger partial charge in [0.2, 0.25) is 0 Å². The van der Waals surface area contributed by atoms with E-state index in [0.717, 1.165) is 42.4 Å². The van der Waals surface area contributed by atoms with Gasteiger partial charge in [0.25, 0.3) is 0 Å². The number of aliphatic imine (C=N–C) groups is 2. The van der Waals surface area contributed by atoms with Gasteiger partial charge in [0.15, 0.2) is 0 Å². The minimum absolute atomic E-state index is 0.0204. The van der Waals surface area contributed by atoms with Crippen molar-refractivity contribution in [1.82, 2.24) is 0 Å². The molecule has 29 heavy (non-hydrogen) atoms. The standard InChI is InChI=1S/C26H45N2P/c1-11-13-14-22(6)28-25(29)24(26(7,8)9)21(5)18-23(27-10)17-20(4)16-15-19(3)12-2/h15-16H,5,11-14,17-18,29H2,1-4,6-10H3/b19-15-,20-16+,25-24+,27-23?,28-22?. The molecule has 164 valence electrons. The van der Waals surface area contributed by atoms with Crippen molar-refractivity contribution in [3.63, 3.8) is 0 Å². The quantitative estimate of drug-likeness (QED) is 0.183. The molecule has 0 radical (unpaired) electrons. The van der Waals surface area contributed by atoms with Crippen molar-refractivity contribution in [3.05, 3.63) is 46.5 Å². The molecule has 0 aromatic rings. The molecule has 0 fully saturated rings. The van der Waals surface area contributed by atoms with Gasteiger partial charge in [0, 0.05) is 31.3 Å². The SMILES string of the molecule is C=C(CC(C/C(C)=C/C=C(/C)CC)=NC)/C(=C(\P)N=C(C)CCCC)C(C)(C)C. The third-order valence-electron chi connectivity index (χ3n) is 4.99. The summed E-state index contributed by atoms with van der Waals surface area (Å²) in [6.07, 6.45) is 10.6. The molecule has 0 spiro atoms. The fourth-order valence-corrected chi connectivity index (χ4v) is 4.04. The summed E-state index contributed by atoms with van der Waals surface area (Å²) in [6.45, 7) is 22.0. The number of allylic oxidation sites excluding steroid dienone is 6. The molecule has 0 aromatic carbocycles. The summed E-state index contributed by atoms with van der Waals surface area (Å²) >= 11 is 0. The van der Waals surface area contributed by atoms with Gasteiger partial charge in [-0.05, 0) is 56.6 Å². The second kappa shape index (κ2) is 13.9. The lowest BCUT2D eigenvalue weighted by atomic mass is 9.81. The second-order valence-electron chi connectivity index (χ2n) is 9.09. The Hall–Kier alpha value is -1.27. The highest BCUT2D eigenvalue weighted by atomic mass is 31.0. The molecule has 0 saturated heterocycles. The van der Waals surface area contributed by atoms with Gasteiger partial charge in [-0.15, -0.1) is 0 Å². The van der Waals surface area contributed by atoms with Crippen LogP contribution in [0, 0.1) is 5.41 Å². The summed E-state index contributed by atoms with van der Waals surface area (Å²) in [6, 6.07) is 0. The zero-order valence-electron chi connectivity index (χ0n) is 20.6. The van der Waals surface area contributed by atoms with Crippen molar-refractivity contribution >= 4 is 20.7 Å². The van der Waals surface area contributed by atoms with Crippen LogP contribution in [-0.4, -0.2) is 18.5 Å². The molecule has 1 unspecified atom stereocenters. The van der Waals surface area contributed by atoms with Gasteiger partial charge in [0.05, 0.1) is 5.44 Å². The molecule has 0 aromatic heterocycles. The van der Waals surface area contributed by atoms with Crippen LogP contribution < -0.4 is 0 Å². The molecule has 0 heterocycles. The highest BCUT2D eigenvalue weighted by molar-refractivity contribution is 7.22. The van der Waals surface area contributed by atoms with Crippen molar-refractivity contribution in [3.8, 4) is 0 Å². The Morgan fingerprint density at radius 1 is 1.00 bits per heavy atom. The monoisotopic (exact) mass is 416 g/mol. The number of hydrogen-bond acceptors (Lipinski definition) is 2. The largest absolute Gasteiger partial charge is 0.297 e. The van der Waals surface area contributed by atoms with E-state index in [9.17, 15) is 0 Å². The Bertz CT molecular complexity index is 695. The molecular formula is C26H45N2P. The van der Waals surface area contributed by atoms with Crippen LogP contribution >= 0.6 is 9.24 Å². The van der Waals surface area contributed by atoms with Gasteiger partial charge in [-0.3, -0.25) is 9.98 Å². The molecule has 0 amide bonds. The Labute approximate surface area is 183 Å². The number of unbranched alkanes of at least 4 members (excludes halogenated alkanes) is 1. The maximum atomic E-state index is 4.89. The Balaban J connectivity index is 5.60. The van der Waals surface area contributed by atoms with Crippen LogP contribution in [0.1, 0.15) is 93.9 Å². The van der Waals surface area contributed by atoms with Crippen LogP contribution in [-0.2, 0) is 0 Å². The van der Waals surface area contributed by atoms with Crippen molar-refractivity contribution in [1.29, 1.82) is 0 Å². The van der Waals surface area contributed by atoms with Crippen LogP contribution in [0.25, 0.3) is 0 Å². The van der Waals surface area contributed by atoms with E-state index in [4.69, 9.17) is 4.99 Å². The van der Waals surface area contributed by atoms with Gasteiger partial charge in [-0.2, -0.15) is 0 Å². The molecular weight excluding hydrogens is 371 g/mol. The minimum atomic E-state index is -0.0204. The number of rotatable bonds is 11. The predicted molar refractivity (Wildman–Crippen MR) is 138 cm³/mol. The van der Waals surface area contributed by atoms with Gasteiger partial charge in [-0.25, -0.2) is 0 Å². The highest BCUT2D eigenvalue weighted by Crippen LogP contribution is 2.38. The molecule has 0 N–H and O–H groups in total. The summed E-state index contributed by atoms with van der Waals surface area (Å²) in [4.78, 5) is 9.46. The lowest BCUT2D eigenvalue weighted by Gasteiger charge is -2.27. The lowest BCUT2D eigenvalue weighted by Crippen LogP contribution is -2.15. The maximum Gasteiger partial charge on any atom is 0.0608 e. The first-order valence-electron chi connectivity index (χ1n) is 11.0. The second-order valence-corrected chi connectivity index (χ2v) is 9.63. The molecule has 1 atom stereocenters. The average molecular weight is 417 g/mol. The first kappa shape index (κ1) is 27.7. The Kier molecular flexibility index (Phi) is 13.3. The molecule has 0 aliphatic carbocycles. The van der Waals surface area contributed by atoms with Gasteiger partial charge in [0.1, 0.15) is 0 Å². The lowest BCUT2D eigenvalue weighted by molar-refractivity contribution is 0.507. The summed E-state index contributed by atoms with van der Waals surface area (Å²) in [5.41, 5.74) is 8.40. The van der Waals surface area contributed by atoms with E-state index in [2.05, 4.69) is 88.4 Å². The van der Waals surface area contributed by atoms with Gasteiger partial charge < -0.3 is 0 Å². The summed E-state index contributed by atoms with van der Waals surface area (Å²) in [7, 11) is 4.74. The average Bonchev–Trinajstić information content (AvgIpc) is 2.62. The van der Waals surface area contributed by atoms with Crippen LogP contribution in [0.4, 0.5) is 0 Å². The zero-order valence-corrected chi connectivity index (χ0v) is 21.7. The van der Waals surface area contributed by atoms with Crippen LogP contribution in [0.3, 0.4) is 0 Å². The molecule has 0 aliphatic heterocycles. The number of hydrogen-bond donors (Lipinski definition) is 0. The fourth-order valence-electron chi connectivity index (χ4n) is 3.18. The maximum absolute atomic E-state index is 4.89. The molecule has 3 heteroatoms. The summed E-state index contributed by atoms with van der Waals surface area (Å²) in [5.74, 6) is 0. The molecule has 0 bridgehead atoms.